The van der Waals surface area contributed by atoms with E-state index in [1.807, 2.05) is 42.5 Å². The molecule has 2 aliphatic rings. The fourth-order valence-corrected chi connectivity index (χ4v) is 6.02. The molecule has 238 valence electrons. The highest BCUT2D eigenvalue weighted by atomic mass is 16.5. The van der Waals surface area contributed by atoms with Gasteiger partial charge in [0.05, 0.1) is 25.9 Å². The van der Waals surface area contributed by atoms with Gasteiger partial charge in [0, 0.05) is 61.6 Å². The van der Waals surface area contributed by atoms with Gasteiger partial charge in [0.15, 0.2) is 5.69 Å². The Balaban J connectivity index is 1.28. The summed E-state index contributed by atoms with van der Waals surface area (Å²) in [7, 11) is 1.77. The number of hydrogen-bond acceptors (Lipinski definition) is 8. The fourth-order valence-electron chi connectivity index (χ4n) is 6.02. The van der Waals surface area contributed by atoms with E-state index in [1.54, 1.807) is 13.1 Å². The first-order chi connectivity index (χ1) is 22.4. The van der Waals surface area contributed by atoms with Crippen molar-refractivity contribution in [1.29, 1.82) is 0 Å². The number of aromatic carboxylic acids is 1. The summed E-state index contributed by atoms with van der Waals surface area (Å²) in [4.78, 5) is 26.2. The maximum Gasteiger partial charge on any atom is 0.354 e. The summed E-state index contributed by atoms with van der Waals surface area (Å²) in [6.45, 7) is 9.48. The van der Waals surface area contributed by atoms with Crippen molar-refractivity contribution in [2.45, 2.75) is 26.6 Å². The van der Waals surface area contributed by atoms with Crippen LogP contribution in [0.4, 0.5) is 22.9 Å². The van der Waals surface area contributed by atoms with Crippen molar-refractivity contribution in [2.24, 2.45) is 10.9 Å². The number of carbonyl (C=O) groups is 1. The van der Waals surface area contributed by atoms with Gasteiger partial charge in [0.2, 0.25) is 0 Å². The van der Waals surface area contributed by atoms with Crippen LogP contribution in [-0.4, -0.2) is 74.3 Å². The molecule has 0 spiro atoms. The smallest absolute Gasteiger partial charge is 0.354 e. The molecule has 6 rings (SSSR count). The van der Waals surface area contributed by atoms with Crippen LogP contribution < -0.4 is 15.1 Å². The molecular weight excluding hydrogens is 578 g/mol. The maximum absolute atomic E-state index is 12.3. The van der Waals surface area contributed by atoms with Crippen LogP contribution in [0, 0.1) is 5.92 Å². The summed E-state index contributed by atoms with van der Waals surface area (Å²) >= 11 is 0. The molecule has 4 aromatic rings. The van der Waals surface area contributed by atoms with Crippen molar-refractivity contribution in [3.8, 4) is 11.1 Å². The van der Waals surface area contributed by atoms with Crippen molar-refractivity contribution in [3.63, 3.8) is 0 Å². The molecule has 9 nitrogen and oxygen atoms in total. The normalized spacial score (nSPS) is 15.6. The Labute approximate surface area is 270 Å². The predicted molar refractivity (Wildman–Crippen MR) is 184 cm³/mol. The molecule has 9 heteroatoms. The van der Waals surface area contributed by atoms with E-state index in [0.717, 1.165) is 65.6 Å². The van der Waals surface area contributed by atoms with Gasteiger partial charge in [-0.15, -0.1) is 0 Å². The molecule has 3 aromatic carbocycles. The average molecular weight is 620 g/mol. The van der Waals surface area contributed by atoms with Gasteiger partial charge < -0.3 is 29.7 Å². The third-order valence-electron chi connectivity index (χ3n) is 8.49. The van der Waals surface area contributed by atoms with Crippen molar-refractivity contribution < 1.29 is 19.4 Å². The molecule has 2 fully saturated rings. The zero-order chi connectivity index (χ0) is 32.0. The number of pyridine rings is 1. The summed E-state index contributed by atoms with van der Waals surface area (Å²) in [6, 6.07) is 28.3. The zero-order valence-electron chi connectivity index (χ0n) is 26.6. The molecule has 2 saturated heterocycles. The van der Waals surface area contributed by atoms with Crippen molar-refractivity contribution in [1.82, 2.24) is 4.98 Å². The summed E-state index contributed by atoms with van der Waals surface area (Å²) in [6.07, 6.45) is 0.170. The topological polar surface area (TPSA) is 99.5 Å². The zero-order valence-corrected chi connectivity index (χ0v) is 26.6. The molecule has 1 aromatic heterocycles. The van der Waals surface area contributed by atoms with Gasteiger partial charge in [0.25, 0.3) is 0 Å². The number of aliphatic imine (C=N–C) groups is 1. The van der Waals surface area contributed by atoms with Crippen LogP contribution in [0.15, 0.2) is 89.9 Å². The second-order valence-electron chi connectivity index (χ2n) is 12.0. The van der Waals surface area contributed by atoms with Crippen molar-refractivity contribution >= 4 is 34.6 Å². The standard InChI is InChI=1S/C37H41N5O4/c1-25(2)35(38-3)34-32(27-12-14-29(15-13-27)41-16-18-45-19-17-41)21-33(37(43)44)40-36(34)39-28-10-7-11-30(20-28)42-22-31(23-42)46-24-26-8-5-4-6-9-26/h4-15,20-21,25,31H,16-19,22-24H2,1-3H3,(H,39,40)(H,43,44). The SMILES string of the molecule is CN=C(c1c(-c2ccc(N3CCOCC3)cc2)cc(C(=O)O)nc1Nc1cccc(N2CC(OCc3ccccc3)C2)c1)C(C)C. The summed E-state index contributed by atoms with van der Waals surface area (Å²) < 4.78 is 11.6. The molecule has 0 atom stereocenters. The van der Waals surface area contributed by atoms with E-state index in [-0.39, 0.29) is 17.7 Å². The second kappa shape index (κ2) is 14.1. The molecule has 0 bridgehead atoms. The third kappa shape index (κ3) is 7.06. The van der Waals surface area contributed by atoms with Crippen LogP contribution in [-0.2, 0) is 16.1 Å². The van der Waals surface area contributed by atoms with E-state index in [9.17, 15) is 9.90 Å². The highest BCUT2D eigenvalue weighted by Crippen LogP contribution is 2.35. The van der Waals surface area contributed by atoms with Gasteiger partial charge in [-0.2, -0.15) is 0 Å². The number of carboxylic acid groups (broad SMARTS) is 1. The van der Waals surface area contributed by atoms with Crippen molar-refractivity contribution in [2.75, 3.05) is 61.6 Å². The van der Waals surface area contributed by atoms with E-state index in [4.69, 9.17) is 9.47 Å². The molecule has 46 heavy (non-hydrogen) atoms. The quantitative estimate of drug-likeness (QED) is 0.184. The number of anilines is 4. The lowest BCUT2D eigenvalue weighted by atomic mass is 9.91. The number of nitrogens with one attached hydrogen (secondary N) is 1. The van der Waals surface area contributed by atoms with Crippen LogP contribution >= 0.6 is 0 Å². The second-order valence-corrected chi connectivity index (χ2v) is 12.0. The number of ether oxygens (including phenoxy) is 2. The minimum absolute atomic E-state index is 0.0324. The number of nitrogens with zero attached hydrogens (tertiary/aromatic N) is 4. The number of rotatable bonds is 11. The minimum Gasteiger partial charge on any atom is -0.477 e. The van der Waals surface area contributed by atoms with Crippen LogP contribution in [0.1, 0.15) is 35.5 Å². The minimum atomic E-state index is -1.09. The highest BCUT2D eigenvalue weighted by Gasteiger charge is 2.28. The Kier molecular flexibility index (Phi) is 9.61. The Morgan fingerprint density at radius 3 is 2.39 bits per heavy atom. The average Bonchev–Trinajstić information content (AvgIpc) is 3.06. The van der Waals surface area contributed by atoms with Gasteiger partial charge in [-0.25, -0.2) is 9.78 Å². The van der Waals surface area contributed by atoms with Crippen LogP contribution in [0.2, 0.25) is 0 Å². The third-order valence-corrected chi connectivity index (χ3v) is 8.49. The van der Waals surface area contributed by atoms with Gasteiger partial charge in [0.1, 0.15) is 5.82 Å². The summed E-state index contributed by atoms with van der Waals surface area (Å²) in [5.41, 5.74) is 7.44. The number of carboxylic acids is 1. The largest absolute Gasteiger partial charge is 0.477 e. The molecule has 2 aliphatic heterocycles. The van der Waals surface area contributed by atoms with Crippen molar-refractivity contribution in [3.05, 3.63) is 102 Å². The van der Waals surface area contributed by atoms with Crippen LogP contribution in [0.3, 0.4) is 0 Å². The van der Waals surface area contributed by atoms with E-state index >= 15 is 0 Å². The lowest BCUT2D eigenvalue weighted by Gasteiger charge is -2.40. The van der Waals surface area contributed by atoms with Gasteiger partial charge in [-0.3, -0.25) is 4.99 Å². The van der Waals surface area contributed by atoms with Gasteiger partial charge in [-0.05, 0) is 59.0 Å². The van der Waals surface area contributed by atoms with Crippen LogP contribution in [0.5, 0.6) is 0 Å². The first-order valence-electron chi connectivity index (χ1n) is 15.9. The molecule has 0 amide bonds. The Bertz CT molecular complexity index is 1680. The Morgan fingerprint density at radius 1 is 0.978 bits per heavy atom. The Morgan fingerprint density at radius 2 is 1.72 bits per heavy atom. The van der Waals surface area contributed by atoms with Crippen LogP contribution in [0.25, 0.3) is 11.1 Å². The van der Waals surface area contributed by atoms with E-state index < -0.39 is 5.97 Å². The van der Waals surface area contributed by atoms with E-state index in [0.29, 0.717) is 25.6 Å². The molecular formula is C37H41N5O4. The number of hydrogen-bond donors (Lipinski definition) is 2. The first-order valence-corrected chi connectivity index (χ1v) is 15.9. The lowest BCUT2D eigenvalue weighted by Crippen LogP contribution is -2.52. The summed E-state index contributed by atoms with van der Waals surface area (Å²) in [5.74, 6) is -0.544. The number of benzene rings is 3. The van der Waals surface area contributed by atoms with E-state index in [1.165, 1.54) is 5.56 Å². The first kappa shape index (κ1) is 31.3. The monoisotopic (exact) mass is 619 g/mol. The fraction of sp³-hybridized carbons (Fsp3) is 0.324. The molecule has 3 heterocycles. The molecule has 0 radical (unpaired) electrons. The molecule has 0 aliphatic carbocycles. The number of aromatic nitrogens is 1. The molecule has 0 unspecified atom stereocenters. The van der Waals surface area contributed by atoms with Gasteiger partial charge in [-0.1, -0.05) is 62.4 Å². The number of morpholine rings is 1. The maximum atomic E-state index is 12.3. The molecule has 2 N–H and O–H groups in total. The lowest BCUT2D eigenvalue weighted by molar-refractivity contribution is 0.0224. The summed E-state index contributed by atoms with van der Waals surface area (Å²) in [5, 5.41) is 13.6. The highest BCUT2D eigenvalue weighted by molar-refractivity contribution is 6.12. The van der Waals surface area contributed by atoms with Gasteiger partial charge >= 0.3 is 5.97 Å². The van der Waals surface area contributed by atoms with E-state index in [2.05, 4.69) is 75.3 Å². The predicted octanol–water partition coefficient (Wildman–Crippen LogP) is 6.51. The Hall–Kier alpha value is -4.73. The molecule has 0 saturated carbocycles.